The van der Waals surface area contributed by atoms with Crippen LogP contribution in [0.1, 0.15) is 0 Å². The lowest BCUT2D eigenvalue weighted by Crippen LogP contribution is -2.22. The summed E-state index contributed by atoms with van der Waals surface area (Å²) in [6.45, 7) is 3.62. The number of carboxylic acids is 1. The lowest BCUT2D eigenvalue weighted by Gasteiger charge is -2.19. The van der Waals surface area contributed by atoms with E-state index in [2.05, 4.69) is 11.6 Å². The number of thiazole rings is 1. The van der Waals surface area contributed by atoms with E-state index in [-0.39, 0.29) is 0 Å². The number of fused-ring (bicyclic) bond motifs is 1. The van der Waals surface area contributed by atoms with E-state index in [0.717, 1.165) is 22.4 Å². The fraction of sp³-hybridized carbons (Fsp3) is 0.0714. The van der Waals surface area contributed by atoms with Crippen LogP contribution in [0.4, 0.5) is 5.69 Å². The van der Waals surface area contributed by atoms with Gasteiger partial charge in [-0.25, -0.2) is 9.78 Å². The highest BCUT2D eigenvalue weighted by Gasteiger charge is 2.15. The van der Waals surface area contributed by atoms with Gasteiger partial charge in [0.1, 0.15) is 0 Å². The third-order valence-corrected chi connectivity index (χ3v) is 4.26. The number of aromatic nitrogens is 1. The molecule has 0 aliphatic carbocycles. The first kappa shape index (κ1) is 15.3. The molecule has 0 radical (unpaired) electrons. The average Bonchev–Trinajstić information content (AvgIpc) is 2.93. The molecule has 108 valence electrons. The molecule has 1 heterocycles. The molecule has 0 bridgehead atoms. The van der Waals surface area contributed by atoms with Gasteiger partial charge in [-0.05, 0) is 30.1 Å². The Morgan fingerprint density at radius 3 is 2.95 bits per heavy atom. The van der Waals surface area contributed by atoms with Crippen molar-refractivity contribution in [2.45, 2.75) is 0 Å². The van der Waals surface area contributed by atoms with E-state index in [0.29, 0.717) is 11.4 Å². The van der Waals surface area contributed by atoms with Crippen molar-refractivity contribution < 1.29 is 14.7 Å². The van der Waals surface area contributed by atoms with Crippen molar-refractivity contribution in [1.82, 2.24) is 4.98 Å². The Bertz CT molecular complexity index is 709. The molecule has 1 aromatic carbocycles. The molecule has 1 aromatic heterocycles. The fourth-order valence-electron chi connectivity index (χ4n) is 1.57. The first-order chi connectivity index (χ1) is 10.1. The number of aliphatic carboxylic acids is 1. The number of hydrogen-bond acceptors (Lipinski definition) is 5. The number of carboxylic acid groups (broad SMARTS) is 1. The Hall–Kier alpha value is -2.12. The molecule has 7 heteroatoms. The number of carbonyl (C=O) groups excluding carboxylic acids is 1. The van der Waals surface area contributed by atoms with Gasteiger partial charge in [0.2, 0.25) is 0 Å². The van der Waals surface area contributed by atoms with Crippen LogP contribution in [-0.4, -0.2) is 27.7 Å². The summed E-state index contributed by atoms with van der Waals surface area (Å²) in [5, 5.41) is 8.62. The number of rotatable bonds is 6. The summed E-state index contributed by atoms with van der Waals surface area (Å²) in [5.74, 6) is -1.03. The van der Waals surface area contributed by atoms with Crippen molar-refractivity contribution in [3.63, 3.8) is 0 Å². The van der Waals surface area contributed by atoms with Crippen LogP contribution in [0.15, 0.2) is 48.5 Å². The molecule has 21 heavy (non-hydrogen) atoms. The summed E-state index contributed by atoms with van der Waals surface area (Å²) < 4.78 is 2.41. The largest absolute Gasteiger partial charge is 0.478 e. The van der Waals surface area contributed by atoms with Gasteiger partial charge in [-0.15, -0.1) is 17.9 Å². The number of benzene rings is 1. The minimum absolute atomic E-state index is 0.409. The van der Waals surface area contributed by atoms with E-state index in [4.69, 9.17) is 5.11 Å². The van der Waals surface area contributed by atoms with Crippen LogP contribution in [0.5, 0.6) is 0 Å². The maximum Gasteiger partial charge on any atom is 0.328 e. The Balaban J connectivity index is 2.31. The third kappa shape index (κ3) is 3.93. The molecule has 0 unspecified atom stereocenters. The topological polar surface area (TPSA) is 70.5 Å². The summed E-state index contributed by atoms with van der Waals surface area (Å²) in [6, 6.07) is 5.47. The molecule has 0 spiro atoms. The Kier molecular flexibility index (Phi) is 5.13. The molecule has 0 saturated heterocycles. The smallest absolute Gasteiger partial charge is 0.328 e. The van der Waals surface area contributed by atoms with Crippen molar-refractivity contribution in [2.75, 3.05) is 10.1 Å². The van der Waals surface area contributed by atoms with Gasteiger partial charge >= 0.3 is 5.97 Å². The summed E-state index contributed by atoms with van der Waals surface area (Å²) in [6.07, 6.45) is 3.54. The molecule has 0 saturated carbocycles. The highest BCUT2D eigenvalue weighted by atomic mass is 32.2. The highest BCUT2D eigenvalue weighted by Crippen LogP contribution is 2.28. The van der Waals surface area contributed by atoms with Crippen LogP contribution in [0.3, 0.4) is 0 Å². The van der Waals surface area contributed by atoms with E-state index < -0.39 is 11.9 Å². The van der Waals surface area contributed by atoms with Gasteiger partial charge in [-0.2, -0.15) is 0 Å². The second-order valence-electron chi connectivity index (χ2n) is 3.89. The third-order valence-electron chi connectivity index (χ3n) is 2.44. The maximum absolute atomic E-state index is 12.1. The molecule has 1 amide bonds. The average molecular weight is 320 g/mol. The van der Waals surface area contributed by atoms with E-state index in [1.807, 2.05) is 12.1 Å². The van der Waals surface area contributed by atoms with Gasteiger partial charge in [0.25, 0.3) is 5.91 Å². The molecular formula is C14H12N2O3S2. The minimum Gasteiger partial charge on any atom is -0.478 e. The van der Waals surface area contributed by atoms with Crippen molar-refractivity contribution >= 4 is 51.1 Å². The zero-order valence-electron chi connectivity index (χ0n) is 10.9. The van der Waals surface area contributed by atoms with Crippen molar-refractivity contribution in [3.05, 3.63) is 48.5 Å². The monoisotopic (exact) mass is 320 g/mol. The quantitative estimate of drug-likeness (QED) is 0.503. The van der Waals surface area contributed by atoms with Crippen LogP contribution in [0.25, 0.3) is 10.2 Å². The minimum atomic E-state index is -1.16. The van der Waals surface area contributed by atoms with Crippen molar-refractivity contribution in [3.8, 4) is 0 Å². The standard InChI is InChI=1S/C14H12N2O3S2/c1-2-7-21-16(13(17)5-6-14(18)19)10-3-4-11-12(8-10)20-9-15-11/h2-6,8-9H,1,7H2,(H,18,19). The number of carbonyl (C=O) groups is 2. The van der Waals surface area contributed by atoms with Gasteiger partial charge in [0.05, 0.1) is 21.4 Å². The Morgan fingerprint density at radius 1 is 1.43 bits per heavy atom. The molecule has 0 aliphatic heterocycles. The molecule has 5 nitrogen and oxygen atoms in total. The second kappa shape index (κ2) is 7.05. The predicted octanol–water partition coefficient (Wildman–Crippen LogP) is 3.10. The Labute approximate surface area is 129 Å². The summed E-state index contributed by atoms with van der Waals surface area (Å²) in [7, 11) is 0. The highest BCUT2D eigenvalue weighted by molar-refractivity contribution is 8.01. The SMILES string of the molecule is C=CCSN(C(=O)C=CC(=O)O)c1ccc2ncsc2c1. The molecular weight excluding hydrogens is 308 g/mol. The number of amides is 1. The molecule has 2 rings (SSSR count). The van der Waals surface area contributed by atoms with E-state index in [1.54, 1.807) is 17.7 Å². The predicted molar refractivity (Wildman–Crippen MR) is 86.5 cm³/mol. The zero-order valence-corrected chi connectivity index (χ0v) is 12.6. The lowest BCUT2D eigenvalue weighted by molar-refractivity contribution is -0.131. The Morgan fingerprint density at radius 2 is 2.24 bits per heavy atom. The van der Waals surface area contributed by atoms with Crippen LogP contribution in [0, 0.1) is 0 Å². The normalized spacial score (nSPS) is 10.9. The maximum atomic E-state index is 12.1. The molecule has 2 aromatic rings. The van der Waals surface area contributed by atoms with Gasteiger partial charge in [-0.3, -0.25) is 9.10 Å². The van der Waals surface area contributed by atoms with Crippen LogP contribution >= 0.6 is 23.3 Å². The fourth-order valence-corrected chi connectivity index (χ4v) is 2.99. The first-order valence-corrected chi connectivity index (χ1v) is 7.76. The van der Waals surface area contributed by atoms with Crippen LogP contribution in [0.2, 0.25) is 0 Å². The summed E-state index contributed by atoms with van der Waals surface area (Å²) in [5.41, 5.74) is 3.28. The summed E-state index contributed by atoms with van der Waals surface area (Å²) in [4.78, 5) is 26.9. The van der Waals surface area contributed by atoms with Crippen molar-refractivity contribution in [1.29, 1.82) is 0 Å². The van der Waals surface area contributed by atoms with Gasteiger partial charge < -0.3 is 5.11 Å². The van der Waals surface area contributed by atoms with Gasteiger partial charge in [0.15, 0.2) is 0 Å². The van der Waals surface area contributed by atoms with E-state index in [9.17, 15) is 9.59 Å². The van der Waals surface area contributed by atoms with Crippen LogP contribution in [-0.2, 0) is 9.59 Å². The first-order valence-electron chi connectivity index (χ1n) is 5.94. The molecule has 0 aliphatic rings. The van der Waals surface area contributed by atoms with Crippen LogP contribution < -0.4 is 4.31 Å². The molecule has 1 N–H and O–H groups in total. The summed E-state index contributed by atoms with van der Waals surface area (Å²) >= 11 is 2.73. The van der Waals surface area contributed by atoms with E-state index >= 15 is 0 Å². The second-order valence-corrected chi connectivity index (χ2v) is 5.74. The van der Waals surface area contributed by atoms with Crippen molar-refractivity contribution in [2.24, 2.45) is 0 Å². The van der Waals surface area contributed by atoms with Gasteiger partial charge in [0, 0.05) is 17.9 Å². The zero-order chi connectivity index (χ0) is 15.2. The van der Waals surface area contributed by atoms with Gasteiger partial charge in [-0.1, -0.05) is 6.08 Å². The number of anilines is 1. The molecule has 0 fully saturated rings. The molecule has 0 atom stereocenters. The number of hydrogen-bond donors (Lipinski definition) is 1. The lowest BCUT2D eigenvalue weighted by atomic mass is 10.3. The van der Waals surface area contributed by atoms with E-state index in [1.165, 1.54) is 27.6 Å². The number of nitrogens with zero attached hydrogens (tertiary/aromatic N) is 2.